The Morgan fingerprint density at radius 2 is 1.93 bits per heavy atom. The fourth-order valence-corrected chi connectivity index (χ4v) is 2.01. The zero-order chi connectivity index (χ0) is 10.4. The molecule has 1 rings (SSSR count). The van der Waals surface area contributed by atoms with E-state index >= 15 is 0 Å². The van der Waals surface area contributed by atoms with Crippen molar-refractivity contribution in [3.8, 4) is 0 Å². The van der Waals surface area contributed by atoms with Gasteiger partial charge in [-0.05, 0) is 26.2 Å². The minimum absolute atomic E-state index is 0.0252. The smallest absolute Gasteiger partial charge is 0.0772 e. The van der Waals surface area contributed by atoms with Crippen LogP contribution in [0.25, 0.3) is 0 Å². The second-order valence-corrected chi connectivity index (χ2v) is 4.72. The van der Waals surface area contributed by atoms with Crippen molar-refractivity contribution in [3.63, 3.8) is 0 Å². The normalized spacial score (nSPS) is 23.4. The first-order valence-corrected chi connectivity index (χ1v) is 5.99. The van der Waals surface area contributed by atoms with Crippen LogP contribution in [0.5, 0.6) is 0 Å². The van der Waals surface area contributed by atoms with Gasteiger partial charge >= 0.3 is 0 Å². The van der Waals surface area contributed by atoms with E-state index < -0.39 is 0 Å². The molecule has 0 radical (unpaired) electrons. The molecular formula is C12H25NO. The lowest BCUT2D eigenvalue weighted by atomic mass is 9.94. The van der Waals surface area contributed by atoms with E-state index in [-0.39, 0.29) is 5.60 Å². The lowest BCUT2D eigenvalue weighted by molar-refractivity contribution is 0.000787. The maximum atomic E-state index is 5.52. The second kappa shape index (κ2) is 5.72. The minimum Gasteiger partial charge on any atom is -0.377 e. The van der Waals surface area contributed by atoms with Crippen LogP contribution in [0, 0.1) is 0 Å². The van der Waals surface area contributed by atoms with Gasteiger partial charge in [-0.25, -0.2) is 0 Å². The fourth-order valence-electron chi connectivity index (χ4n) is 2.01. The van der Waals surface area contributed by atoms with E-state index in [9.17, 15) is 0 Å². The summed E-state index contributed by atoms with van der Waals surface area (Å²) in [5.41, 5.74) is 0.0252. The van der Waals surface area contributed by atoms with E-state index in [0.717, 1.165) is 19.0 Å². The van der Waals surface area contributed by atoms with Crippen molar-refractivity contribution >= 4 is 0 Å². The van der Waals surface area contributed by atoms with E-state index in [1.807, 2.05) is 7.11 Å². The van der Waals surface area contributed by atoms with Crippen LogP contribution < -0.4 is 5.32 Å². The molecule has 1 fully saturated rings. The van der Waals surface area contributed by atoms with Crippen molar-refractivity contribution in [2.24, 2.45) is 0 Å². The van der Waals surface area contributed by atoms with Gasteiger partial charge in [0.25, 0.3) is 0 Å². The summed E-state index contributed by atoms with van der Waals surface area (Å²) >= 11 is 0. The third-order valence-electron chi connectivity index (χ3n) is 3.61. The van der Waals surface area contributed by atoms with E-state index in [0.29, 0.717) is 0 Å². The quantitative estimate of drug-likeness (QED) is 0.735. The van der Waals surface area contributed by atoms with Crippen LogP contribution in [0.4, 0.5) is 0 Å². The van der Waals surface area contributed by atoms with E-state index in [1.165, 1.54) is 32.1 Å². The molecule has 0 aromatic heterocycles. The van der Waals surface area contributed by atoms with Gasteiger partial charge in [-0.3, -0.25) is 0 Å². The van der Waals surface area contributed by atoms with Crippen LogP contribution in [-0.4, -0.2) is 25.3 Å². The van der Waals surface area contributed by atoms with Crippen molar-refractivity contribution in [3.05, 3.63) is 0 Å². The maximum absolute atomic E-state index is 5.52. The van der Waals surface area contributed by atoms with Gasteiger partial charge in [0.1, 0.15) is 0 Å². The van der Waals surface area contributed by atoms with Crippen LogP contribution in [0.1, 0.15) is 52.4 Å². The molecule has 2 nitrogen and oxygen atoms in total. The summed E-state index contributed by atoms with van der Waals surface area (Å²) in [6, 6.07) is 0.741. The molecule has 1 atom stereocenters. The summed E-state index contributed by atoms with van der Waals surface area (Å²) in [5.74, 6) is 0. The molecule has 2 heteroatoms. The van der Waals surface area contributed by atoms with E-state index in [4.69, 9.17) is 4.74 Å². The van der Waals surface area contributed by atoms with Crippen molar-refractivity contribution in [1.82, 2.24) is 5.32 Å². The van der Waals surface area contributed by atoms with Crippen LogP contribution in [0.15, 0.2) is 0 Å². The highest BCUT2D eigenvalue weighted by molar-refractivity contribution is 4.80. The minimum atomic E-state index is 0.0252. The van der Waals surface area contributed by atoms with Crippen LogP contribution >= 0.6 is 0 Å². The molecule has 1 unspecified atom stereocenters. The molecule has 1 saturated carbocycles. The Kier molecular flexibility index (Phi) is 4.90. The molecule has 0 aromatic rings. The largest absolute Gasteiger partial charge is 0.377 e. The zero-order valence-electron chi connectivity index (χ0n) is 9.94. The molecule has 0 bridgehead atoms. The SMILES string of the molecule is CCC(C)(CNC1CCCCC1)OC. The lowest BCUT2D eigenvalue weighted by Crippen LogP contribution is -2.44. The van der Waals surface area contributed by atoms with Gasteiger partial charge in [0.05, 0.1) is 5.60 Å². The van der Waals surface area contributed by atoms with Crippen LogP contribution in [0.3, 0.4) is 0 Å². The summed E-state index contributed by atoms with van der Waals surface area (Å²) in [4.78, 5) is 0. The van der Waals surface area contributed by atoms with Crippen molar-refractivity contribution in [1.29, 1.82) is 0 Å². The lowest BCUT2D eigenvalue weighted by Gasteiger charge is -2.31. The molecule has 84 valence electrons. The molecule has 0 saturated heterocycles. The van der Waals surface area contributed by atoms with Crippen LogP contribution in [-0.2, 0) is 4.74 Å². The topological polar surface area (TPSA) is 21.3 Å². The Balaban J connectivity index is 2.23. The van der Waals surface area contributed by atoms with Gasteiger partial charge in [-0.2, -0.15) is 0 Å². The number of ether oxygens (including phenoxy) is 1. The molecule has 1 aliphatic carbocycles. The molecule has 0 heterocycles. The molecule has 0 aliphatic heterocycles. The number of hydrogen-bond donors (Lipinski definition) is 1. The van der Waals surface area contributed by atoms with Crippen LogP contribution in [0.2, 0.25) is 0 Å². The number of nitrogens with one attached hydrogen (secondary N) is 1. The molecule has 0 spiro atoms. The van der Waals surface area contributed by atoms with Gasteiger partial charge in [-0.1, -0.05) is 26.2 Å². The van der Waals surface area contributed by atoms with Gasteiger partial charge in [0.2, 0.25) is 0 Å². The molecular weight excluding hydrogens is 174 g/mol. The Morgan fingerprint density at radius 3 is 2.43 bits per heavy atom. The highest BCUT2D eigenvalue weighted by Crippen LogP contribution is 2.19. The molecule has 0 amide bonds. The monoisotopic (exact) mass is 199 g/mol. The van der Waals surface area contributed by atoms with Gasteiger partial charge in [0.15, 0.2) is 0 Å². The Bertz CT molecular complexity index is 148. The average molecular weight is 199 g/mol. The number of rotatable bonds is 5. The van der Waals surface area contributed by atoms with Crippen molar-refractivity contribution in [2.45, 2.75) is 64.0 Å². The Morgan fingerprint density at radius 1 is 1.29 bits per heavy atom. The van der Waals surface area contributed by atoms with E-state index in [1.54, 1.807) is 0 Å². The number of hydrogen-bond acceptors (Lipinski definition) is 2. The summed E-state index contributed by atoms with van der Waals surface area (Å²) < 4.78 is 5.52. The zero-order valence-corrected chi connectivity index (χ0v) is 9.94. The van der Waals surface area contributed by atoms with Gasteiger partial charge in [-0.15, -0.1) is 0 Å². The third-order valence-corrected chi connectivity index (χ3v) is 3.61. The highest BCUT2D eigenvalue weighted by atomic mass is 16.5. The van der Waals surface area contributed by atoms with Gasteiger partial charge in [0, 0.05) is 19.7 Å². The summed E-state index contributed by atoms with van der Waals surface area (Å²) in [5, 5.41) is 3.64. The Labute approximate surface area is 88.4 Å². The average Bonchev–Trinajstić information content (AvgIpc) is 2.27. The Hall–Kier alpha value is -0.0800. The molecule has 0 aromatic carbocycles. The van der Waals surface area contributed by atoms with Gasteiger partial charge < -0.3 is 10.1 Å². The predicted molar refractivity (Wildman–Crippen MR) is 60.6 cm³/mol. The first-order chi connectivity index (χ1) is 6.70. The summed E-state index contributed by atoms with van der Waals surface area (Å²) in [6.45, 7) is 5.36. The molecule has 14 heavy (non-hydrogen) atoms. The second-order valence-electron chi connectivity index (χ2n) is 4.72. The third kappa shape index (κ3) is 3.58. The summed E-state index contributed by atoms with van der Waals surface area (Å²) in [7, 11) is 1.81. The first kappa shape index (κ1) is 12.0. The molecule has 1 N–H and O–H groups in total. The number of methoxy groups -OCH3 is 1. The van der Waals surface area contributed by atoms with Crippen molar-refractivity contribution < 1.29 is 4.74 Å². The van der Waals surface area contributed by atoms with E-state index in [2.05, 4.69) is 19.2 Å². The highest BCUT2D eigenvalue weighted by Gasteiger charge is 2.22. The standard InChI is InChI=1S/C12H25NO/c1-4-12(2,14-3)10-13-11-8-6-5-7-9-11/h11,13H,4-10H2,1-3H3. The first-order valence-electron chi connectivity index (χ1n) is 5.99. The molecule has 1 aliphatic rings. The fraction of sp³-hybridized carbons (Fsp3) is 1.00. The maximum Gasteiger partial charge on any atom is 0.0772 e. The van der Waals surface area contributed by atoms with Crippen molar-refractivity contribution in [2.75, 3.05) is 13.7 Å². The predicted octanol–water partition coefficient (Wildman–Crippen LogP) is 2.72. The summed E-state index contributed by atoms with van der Waals surface area (Å²) in [6.07, 6.45) is 7.99.